The fraction of sp³-hybridized carbons (Fsp3) is 0.385. The fourth-order valence-corrected chi connectivity index (χ4v) is 4.12. The normalized spacial score (nSPS) is 15.7. The van der Waals surface area contributed by atoms with E-state index in [0.717, 1.165) is 18.7 Å². The van der Waals surface area contributed by atoms with Crippen LogP contribution in [0.15, 0.2) is 65.2 Å². The molecule has 0 spiro atoms. The first kappa shape index (κ1) is 21.3. The van der Waals surface area contributed by atoms with Gasteiger partial charge in [-0.25, -0.2) is 0 Å². The highest BCUT2D eigenvalue weighted by Gasteiger charge is 2.25. The lowest BCUT2D eigenvalue weighted by Crippen LogP contribution is -2.37. The summed E-state index contributed by atoms with van der Waals surface area (Å²) in [6.45, 7) is 9.33. The highest BCUT2D eigenvalue weighted by atomic mass is 16.5. The van der Waals surface area contributed by atoms with E-state index in [4.69, 9.17) is 4.52 Å². The molecule has 4 rings (SSSR count). The monoisotopic (exact) mass is 417 g/mol. The molecule has 1 saturated heterocycles. The number of carbonyl (C=O) groups is 1. The second-order valence-electron chi connectivity index (χ2n) is 9.28. The van der Waals surface area contributed by atoms with Gasteiger partial charge in [0.25, 0.3) is 5.91 Å². The molecular formula is C26H31N3O2. The molecule has 1 aliphatic heterocycles. The van der Waals surface area contributed by atoms with Crippen LogP contribution in [0.4, 0.5) is 0 Å². The van der Waals surface area contributed by atoms with Crippen LogP contribution in [0.5, 0.6) is 0 Å². The highest BCUT2D eigenvalue weighted by Crippen LogP contribution is 2.28. The zero-order valence-corrected chi connectivity index (χ0v) is 18.6. The van der Waals surface area contributed by atoms with Gasteiger partial charge in [-0.2, -0.15) is 0 Å². The predicted octanol–water partition coefficient (Wildman–Crippen LogP) is 5.21. The van der Waals surface area contributed by atoms with Crippen LogP contribution in [0.25, 0.3) is 11.3 Å². The van der Waals surface area contributed by atoms with Gasteiger partial charge in [0.15, 0.2) is 11.5 Å². The fourth-order valence-electron chi connectivity index (χ4n) is 4.12. The molecule has 0 aliphatic carbocycles. The second kappa shape index (κ2) is 9.06. The molecule has 0 bridgehead atoms. The molecule has 31 heavy (non-hydrogen) atoms. The van der Waals surface area contributed by atoms with E-state index in [0.29, 0.717) is 18.0 Å². The zero-order chi connectivity index (χ0) is 21.8. The Morgan fingerprint density at radius 1 is 1.06 bits per heavy atom. The molecule has 0 saturated carbocycles. The molecule has 0 radical (unpaired) electrons. The van der Waals surface area contributed by atoms with Crippen molar-refractivity contribution in [2.75, 3.05) is 19.6 Å². The van der Waals surface area contributed by atoms with Crippen molar-refractivity contribution in [1.82, 2.24) is 15.4 Å². The van der Waals surface area contributed by atoms with Crippen LogP contribution in [0.3, 0.4) is 0 Å². The van der Waals surface area contributed by atoms with E-state index in [9.17, 15) is 4.79 Å². The Bertz CT molecular complexity index is 997. The van der Waals surface area contributed by atoms with Crippen LogP contribution in [-0.4, -0.2) is 35.6 Å². The van der Waals surface area contributed by atoms with E-state index in [1.54, 1.807) is 6.07 Å². The van der Waals surface area contributed by atoms with Crippen molar-refractivity contribution in [2.45, 2.75) is 45.1 Å². The van der Waals surface area contributed by atoms with Crippen molar-refractivity contribution in [3.05, 3.63) is 77.5 Å². The van der Waals surface area contributed by atoms with Crippen LogP contribution in [0, 0.1) is 0 Å². The molecule has 162 valence electrons. The highest BCUT2D eigenvalue weighted by molar-refractivity contribution is 5.93. The quantitative estimate of drug-likeness (QED) is 0.598. The van der Waals surface area contributed by atoms with Gasteiger partial charge in [0.05, 0.1) is 6.04 Å². The Morgan fingerprint density at radius 3 is 2.39 bits per heavy atom. The van der Waals surface area contributed by atoms with Crippen molar-refractivity contribution in [3.8, 4) is 11.3 Å². The standard InChI is InChI=1S/C26H31N3O2/c1-26(2,3)21-13-11-19(12-14-21)23(29-15-7-8-16-29)18-27-25(30)22-17-24(31-28-22)20-9-5-4-6-10-20/h4-6,9-14,17,23H,7-8,15-16,18H2,1-3H3,(H,27,30). The molecule has 2 aromatic carbocycles. The number of hydrogen-bond acceptors (Lipinski definition) is 4. The number of hydrogen-bond donors (Lipinski definition) is 1. The summed E-state index contributed by atoms with van der Waals surface area (Å²) in [6.07, 6.45) is 2.41. The summed E-state index contributed by atoms with van der Waals surface area (Å²) in [5, 5.41) is 7.06. The molecule has 5 heteroatoms. The maximum atomic E-state index is 12.8. The van der Waals surface area contributed by atoms with Crippen LogP contribution in [-0.2, 0) is 5.41 Å². The van der Waals surface area contributed by atoms with Gasteiger partial charge in [0.1, 0.15) is 0 Å². The number of aromatic nitrogens is 1. The molecule has 1 aromatic heterocycles. The maximum Gasteiger partial charge on any atom is 0.273 e. The Hall–Kier alpha value is -2.92. The van der Waals surface area contributed by atoms with E-state index in [1.165, 1.54) is 24.0 Å². The molecule has 1 amide bonds. The first-order chi connectivity index (χ1) is 14.9. The van der Waals surface area contributed by atoms with Crippen LogP contribution in [0.1, 0.15) is 61.3 Å². The van der Waals surface area contributed by atoms with Gasteiger partial charge in [-0.05, 0) is 42.5 Å². The molecule has 1 atom stereocenters. The lowest BCUT2D eigenvalue weighted by Gasteiger charge is -2.29. The largest absolute Gasteiger partial charge is 0.355 e. The number of nitrogens with one attached hydrogen (secondary N) is 1. The van der Waals surface area contributed by atoms with E-state index in [2.05, 4.69) is 60.4 Å². The predicted molar refractivity (Wildman–Crippen MR) is 123 cm³/mol. The number of rotatable bonds is 6. The molecular weight excluding hydrogens is 386 g/mol. The van der Waals surface area contributed by atoms with Crippen molar-refractivity contribution < 1.29 is 9.32 Å². The molecule has 1 N–H and O–H groups in total. The lowest BCUT2D eigenvalue weighted by molar-refractivity contribution is 0.0929. The van der Waals surface area contributed by atoms with Gasteiger partial charge in [-0.15, -0.1) is 0 Å². The maximum absolute atomic E-state index is 12.8. The summed E-state index contributed by atoms with van der Waals surface area (Å²) in [7, 11) is 0. The molecule has 1 aliphatic rings. The lowest BCUT2D eigenvalue weighted by atomic mass is 9.86. The first-order valence-electron chi connectivity index (χ1n) is 11.1. The third-order valence-electron chi connectivity index (χ3n) is 6.00. The van der Waals surface area contributed by atoms with Gasteiger partial charge < -0.3 is 9.84 Å². The van der Waals surface area contributed by atoms with Crippen molar-refractivity contribution >= 4 is 5.91 Å². The van der Waals surface area contributed by atoms with Crippen molar-refractivity contribution in [3.63, 3.8) is 0 Å². The summed E-state index contributed by atoms with van der Waals surface area (Å²) in [5.41, 5.74) is 3.89. The third kappa shape index (κ3) is 5.05. The number of amides is 1. The van der Waals surface area contributed by atoms with Gasteiger partial charge in [0, 0.05) is 18.2 Å². The van der Waals surface area contributed by atoms with E-state index in [1.807, 2.05) is 30.3 Å². The smallest absolute Gasteiger partial charge is 0.273 e. The summed E-state index contributed by atoms with van der Waals surface area (Å²) in [6, 6.07) is 20.4. The Kier molecular flexibility index (Phi) is 6.23. The zero-order valence-electron chi connectivity index (χ0n) is 18.6. The van der Waals surface area contributed by atoms with Gasteiger partial charge in [-0.1, -0.05) is 80.5 Å². The second-order valence-corrected chi connectivity index (χ2v) is 9.28. The number of likely N-dealkylation sites (tertiary alicyclic amines) is 1. The molecule has 1 fully saturated rings. The molecule has 5 nitrogen and oxygen atoms in total. The van der Waals surface area contributed by atoms with Gasteiger partial charge >= 0.3 is 0 Å². The van der Waals surface area contributed by atoms with E-state index < -0.39 is 0 Å². The van der Waals surface area contributed by atoms with Gasteiger partial charge in [-0.3, -0.25) is 9.69 Å². The molecule has 2 heterocycles. The topological polar surface area (TPSA) is 58.4 Å². The summed E-state index contributed by atoms with van der Waals surface area (Å²) in [5.74, 6) is 0.390. The van der Waals surface area contributed by atoms with E-state index in [-0.39, 0.29) is 17.4 Å². The minimum Gasteiger partial charge on any atom is -0.355 e. The third-order valence-corrected chi connectivity index (χ3v) is 6.00. The molecule has 1 unspecified atom stereocenters. The minimum absolute atomic E-state index is 0.124. The van der Waals surface area contributed by atoms with Crippen molar-refractivity contribution in [1.29, 1.82) is 0 Å². The molecule has 3 aromatic rings. The van der Waals surface area contributed by atoms with E-state index >= 15 is 0 Å². The Balaban J connectivity index is 1.47. The first-order valence-corrected chi connectivity index (χ1v) is 11.1. The number of benzene rings is 2. The van der Waals surface area contributed by atoms with Crippen molar-refractivity contribution in [2.24, 2.45) is 0 Å². The van der Waals surface area contributed by atoms with Crippen LogP contribution >= 0.6 is 0 Å². The van der Waals surface area contributed by atoms with Crippen LogP contribution < -0.4 is 5.32 Å². The van der Waals surface area contributed by atoms with Crippen LogP contribution in [0.2, 0.25) is 0 Å². The average Bonchev–Trinajstić information content (AvgIpc) is 3.47. The number of carbonyl (C=O) groups excluding carboxylic acids is 1. The number of nitrogens with zero attached hydrogens (tertiary/aromatic N) is 2. The average molecular weight is 418 g/mol. The summed E-state index contributed by atoms with van der Waals surface area (Å²) >= 11 is 0. The van der Waals surface area contributed by atoms with Gasteiger partial charge in [0.2, 0.25) is 0 Å². The minimum atomic E-state index is -0.207. The Labute approximate surface area is 184 Å². The summed E-state index contributed by atoms with van der Waals surface area (Å²) < 4.78 is 5.39. The Morgan fingerprint density at radius 2 is 1.74 bits per heavy atom. The summed E-state index contributed by atoms with van der Waals surface area (Å²) in [4.78, 5) is 15.2. The SMILES string of the molecule is CC(C)(C)c1ccc(C(CNC(=O)c2cc(-c3ccccc3)on2)N2CCCC2)cc1.